The van der Waals surface area contributed by atoms with Crippen molar-refractivity contribution < 1.29 is 4.79 Å². The number of hydrogen-bond acceptors (Lipinski definition) is 1. The first kappa shape index (κ1) is 30.1. The predicted molar refractivity (Wildman–Crippen MR) is 142 cm³/mol. The van der Waals surface area contributed by atoms with E-state index < -0.39 is 7.26 Å². The Balaban J connectivity index is 4.01. The van der Waals surface area contributed by atoms with Crippen molar-refractivity contribution in [1.29, 1.82) is 0 Å². The Bertz CT molecular complexity index is 344. The molecule has 0 fully saturated rings. The minimum Gasteiger partial charge on any atom is -0.253 e. The van der Waals surface area contributed by atoms with Crippen molar-refractivity contribution in [2.45, 2.75) is 156 Å². The maximum atomic E-state index is 13.3. The van der Waals surface area contributed by atoms with Crippen LogP contribution >= 0.6 is 7.26 Å². The van der Waals surface area contributed by atoms with E-state index in [0.717, 1.165) is 18.4 Å². The highest BCUT2D eigenvalue weighted by atomic mass is 31.2. The van der Waals surface area contributed by atoms with E-state index in [1.165, 1.54) is 134 Å². The van der Waals surface area contributed by atoms with Gasteiger partial charge in [0.2, 0.25) is 0 Å². The van der Waals surface area contributed by atoms with Crippen LogP contribution in [0.15, 0.2) is 0 Å². The van der Waals surface area contributed by atoms with Crippen molar-refractivity contribution in [1.82, 2.24) is 0 Å². The summed E-state index contributed by atoms with van der Waals surface area (Å²) in [7, 11) is -1.36. The van der Waals surface area contributed by atoms with Gasteiger partial charge in [0, 0.05) is 6.42 Å². The highest BCUT2D eigenvalue weighted by Crippen LogP contribution is 2.62. The summed E-state index contributed by atoms with van der Waals surface area (Å²) in [6.07, 6.45) is 30.1. The molecule has 0 aromatic carbocycles. The van der Waals surface area contributed by atoms with Crippen LogP contribution in [-0.2, 0) is 4.79 Å². The average molecular weight is 442 g/mol. The fraction of sp³-hybridized carbons (Fsp3) is 0.964. The fourth-order valence-corrected chi connectivity index (χ4v) is 9.44. The first-order valence-corrected chi connectivity index (χ1v) is 16.4. The van der Waals surface area contributed by atoms with Crippen LogP contribution in [-0.4, -0.2) is 24.0 Å². The second kappa shape index (κ2) is 22.3. The van der Waals surface area contributed by atoms with Gasteiger partial charge in [-0.25, -0.2) is 0 Å². The van der Waals surface area contributed by atoms with Gasteiger partial charge in [-0.3, -0.25) is 4.79 Å². The van der Waals surface area contributed by atoms with Gasteiger partial charge in [0.1, 0.15) is 0 Å². The molecule has 0 aromatic rings. The number of unbranched alkanes of at least 4 members (excludes halogenated alkanes) is 15. The maximum absolute atomic E-state index is 13.3. The fourth-order valence-electron chi connectivity index (χ4n) is 4.62. The first-order valence-electron chi connectivity index (χ1n) is 14.1. The zero-order valence-corrected chi connectivity index (χ0v) is 22.5. The predicted octanol–water partition coefficient (Wildman–Crippen LogP) is 10.4. The summed E-state index contributed by atoms with van der Waals surface area (Å²) in [6.45, 7) is 9.14. The van der Waals surface area contributed by atoms with Crippen molar-refractivity contribution in [3.05, 3.63) is 0 Å². The van der Waals surface area contributed by atoms with Crippen LogP contribution in [0.1, 0.15) is 156 Å². The van der Waals surface area contributed by atoms with Gasteiger partial charge in [0.25, 0.3) is 5.52 Å². The average Bonchev–Trinajstić information content (AvgIpc) is 2.76. The Morgan fingerprint density at radius 2 is 0.733 bits per heavy atom. The second-order valence-corrected chi connectivity index (χ2v) is 13.9. The molecule has 2 heteroatoms. The van der Waals surface area contributed by atoms with E-state index in [2.05, 4.69) is 27.7 Å². The Morgan fingerprint density at radius 1 is 0.433 bits per heavy atom. The SMILES string of the molecule is CCCCCCCCCCCCCCCC(=O)[P+](CCCC)(CCCC)CCCC. The van der Waals surface area contributed by atoms with E-state index in [1.54, 1.807) is 0 Å². The molecule has 0 spiro atoms. The Labute approximate surface area is 192 Å². The maximum Gasteiger partial charge on any atom is 0.267 e. The second-order valence-electron chi connectivity index (χ2n) is 9.76. The van der Waals surface area contributed by atoms with Gasteiger partial charge >= 0.3 is 0 Å². The van der Waals surface area contributed by atoms with E-state index in [-0.39, 0.29) is 0 Å². The Kier molecular flexibility index (Phi) is 22.4. The summed E-state index contributed by atoms with van der Waals surface area (Å²) in [4.78, 5) is 13.3. The van der Waals surface area contributed by atoms with E-state index in [0.29, 0.717) is 0 Å². The van der Waals surface area contributed by atoms with Gasteiger partial charge in [-0.2, -0.15) is 0 Å². The molecule has 1 nitrogen and oxygen atoms in total. The van der Waals surface area contributed by atoms with Crippen molar-refractivity contribution in [2.24, 2.45) is 0 Å². The molecule has 0 rings (SSSR count). The highest BCUT2D eigenvalue weighted by molar-refractivity contribution is 7.90. The molecule has 0 bridgehead atoms. The molecule has 30 heavy (non-hydrogen) atoms. The lowest BCUT2D eigenvalue weighted by Gasteiger charge is -2.25. The van der Waals surface area contributed by atoms with Gasteiger partial charge in [0.15, 0.2) is 0 Å². The molecule has 0 radical (unpaired) electrons. The molecule has 0 amide bonds. The lowest BCUT2D eigenvalue weighted by Crippen LogP contribution is -2.18. The molecule has 0 aliphatic rings. The molecule has 0 atom stereocenters. The molecule has 0 heterocycles. The number of rotatable bonds is 24. The lowest BCUT2D eigenvalue weighted by molar-refractivity contribution is -0.111. The van der Waals surface area contributed by atoms with Gasteiger partial charge in [-0.1, -0.05) is 124 Å². The van der Waals surface area contributed by atoms with Gasteiger partial charge in [-0.15, -0.1) is 0 Å². The molecule has 0 aliphatic carbocycles. The number of carbonyl (C=O) groups excluding carboxylic acids is 1. The number of carbonyl (C=O) groups is 1. The molecule has 0 saturated heterocycles. The number of hydrogen-bond donors (Lipinski definition) is 0. The van der Waals surface area contributed by atoms with Crippen LogP contribution < -0.4 is 0 Å². The Hall–Kier alpha value is 0.100. The van der Waals surface area contributed by atoms with E-state index in [1.807, 2.05) is 0 Å². The summed E-state index contributed by atoms with van der Waals surface area (Å²) in [5.41, 5.74) is 0.723. The van der Waals surface area contributed by atoms with Gasteiger partial charge in [0.05, 0.1) is 25.7 Å². The lowest BCUT2D eigenvalue weighted by atomic mass is 10.0. The quantitative estimate of drug-likeness (QED) is 0.107. The van der Waals surface area contributed by atoms with E-state index in [9.17, 15) is 4.79 Å². The molecule has 0 unspecified atom stereocenters. The zero-order chi connectivity index (χ0) is 22.3. The smallest absolute Gasteiger partial charge is 0.253 e. The topological polar surface area (TPSA) is 17.1 Å². The third kappa shape index (κ3) is 15.8. The first-order chi connectivity index (χ1) is 14.7. The molecule has 0 saturated carbocycles. The molecule has 0 N–H and O–H groups in total. The largest absolute Gasteiger partial charge is 0.267 e. The molecule has 180 valence electrons. The van der Waals surface area contributed by atoms with E-state index >= 15 is 0 Å². The summed E-state index contributed by atoms with van der Waals surface area (Å²) in [6, 6.07) is 0. The van der Waals surface area contributed by atoms with E-state index in [4.69, 9.17) is 0 Å². The van der Waals surface area contributed by atoms with Gasteiger partial charge in [-0.05, 0) is 25.7 Å². The van der Waals surface area contributed by atoms with Crippen molar-refractivity contribution in [3.63, 3.8) is 0 Å². The molecular weight excluding hydrogens is 383 g/mol. The van der Waals surface area contributed by atoms with Crippen LogP contribution in [0.3, 0.4) is 0 Å². The standard InChI is InChI=1S/C28H58OP/c1-5-9-13-14-15-16-17-18-19-20-21-22-23-24-28(29)30(25-10-6-2,26-11-7-3)27-12-8-4/h5-27H2,1-4H3/q+1. The molecular formula is C28H58OP+. The summed E-state index contributed by atoms with van der Waals surface area (Å²) in [5, 5.41) is 0. The Morgan fingerprint density at radius 3 is 1.07 bits per heavy atom. The van der Waals surface area contributed by atoms with Crippen molar-refractivity contribution in [2.75, 3.05) is 18.5 Å². The highest BCUT2D eigenvalue weighted by Gasteiger charge is 2.43. The molecule has 0 aromatic heterocycles. The van der Waals surface area contributed by atoms with Crippen LogP contribution in [0.5, 0.6) is 0 Å². The minimum atomic E-state index is -1.36. The summed E-state index contributed by atoms with van der Waals surface area (Å²) < 4.78 is 0. The van der Waals surface area contributed by atoms with Gasteiger partial charge < -0.3 is 0 Å². The third-order valence-electron chi connectivity index (χ3n) is 6.84. The zero-order valence-electron chi connectivity index (χ0n) is 21.6. The normalized spacial score (nSPS) is 11.9. The monoisotopic (exact) mass is 441 g/mol. The third-order valence-corrected chi connectivity index (χ3v) is 11.6. The van der Waals surface area contributed by atoms with Crippen LogP contribution in [0, 0.1) is 0 Å². The summed E-state index contributed by atoms with van der Waals surface area (Å²) in [5.74, 6) is 0. The molecule has 0 aliphatic heterocycles. The summed E-state index contributed by atoms with van der Waals surface area (Å²) >= 11 is 0. The van der Waals surface area contributed by atoms with Crippen molar-refractivity contribution >= 4 is 12.8 Å². The van der Waals surface area contributed by atoms with Crippen molar-refractivity contribution in [3.8, 4) is 0 Å². The van der Waals surface area contributed by atoms with Crippen LogP contribution in [0.4, 0.5) is 0 Å². The van der Waals surface area contributed by atoms with Crippen LogP contribution in [0.2, 0.25) is 0 Å². The minimum absolute atomic E-state index is 0.723. The van der Waals surface area contributed by atoms with Crippen LogP contribution in [0.25, 0.3) is 0 Å².